The summed E-state index contributed by atoms with van der Waals surface area (Å²) in [6.45, 7) is 5.78. The maximum Gasteiger partial charge on any atom is 0.228 e. The number of aryl methyl sites for hydroxylation is 1. The molecule has 0 saturated carbocycles. The molecular weight excluding hydrogens is 316 g/mol. The van der Waals surface area contributed by atoms with Crippen molar-refractivity contribution in [3.63, 3.8) is 0 Å². The van der Waals surface area contributed by atoms with Crippen LogP contribution in [0.3, 0.4) is 0 Å². The minimum atomic E-state index is 0.506. The number of hydrogen-bond donors (Lipinski definition) is 1. The number of anilines is 2. The molecule has 1 aliphatic rings. The molecule has 0 aromatic carbocycles. The van der Waals surface area contributed by atoms with E-state index >= 15 is 0 Å². The molecule has 3 aromatic rings. The van der Waals surface area contributed by atoms with Gasteiger partial charge in [0.2, 0.25) is 5.95 Å². The first-order chi connectivity index (χ1) is 12.1. The minimum absolute atomic E-state index is 0.506. The van der Waals surface area contributed by atoms with Gasteiger partial charge in [0.1, 0.15) is 11.6 Å². The maximum absolute atomic E-state index is 6.34. The van der Waals surface area contributed by atoms with Gasteiger partial charge in [0.05, 0.1) is 18.0 Å². The monoisotopic (exact) mass is 338 g/mol. The zero-order chi connectivity index (χ0) is 17.4. The summed E-state index contributed by atoms with van der Waals surface area (Å²) in [6, 6.07) is 3.84. The molecule has 4 heterocycles. The third-order valence-corrected chi connectivity index (χ3v) is 4.79. The lowest BCUT2D eigenvalue weighted by atomic mass is 10.0. The van der Waals surface area contributed by atoms with E-state index in [2.05, 4.69) is 26.8 Å². The zero-order valence-corrected chi connectivity index (χ0v) is 14.6. The summed E-state index contributed by atoms with van der Waals surface area (Å²) in [6.07, 6.45) is 4.09. The first kappa shape index (κ1) is 15.8. The second kappa shape index (κ2) is 6.33. The Morgan fingerprint density at radius 2 is 2.00 bits per heavy atom. The number of nitrogens with two attached hydrogens (primary N) is 1. The van der Waals surface area contributed by atoms with E-state index in [4.69, 9.17) is 15.1 Å². The van der Waals surface area contributed by atoms with E-state index in [-0.39, 0.29) is 0 Å². The van der Waals surface area contributed by atoms with Gasteiger partial charge in [-0.3, -0.25) is 4.98 Å². The van der Waals surface area contributed by atoms with E-state index in [0.717, 1.165) is 54.1 Å². The lowest BCUT2D eigenvalue weighted by Crippen LogP contribution is -2.45. The molecule has 0 amide bonds. The summed E-state index contributed by atoms with van der Waals surface area (Å²) in [5.74, 6) is 2.07. The Labute approximate surface area is 146 Å². The lowest BCUT2D eigenvalue weighted by Gasteiger charge is -2.32. The molecule has 0 aliphatic carbocycles. The van der Waals surface area contributed by atoms with Crippen molar-refractivity contribution < 1.29 is 4.42 Å². The molecule has 0 radical (unpaired) electrons. The van der Waals surface area contributed by atoms with E-state index in [1.54, 1.807) is 12.5 Å². The third kappa shape index (κ3) is 3.02. The fourth-order valence-electron chi connectivity index (χ4n) is 3.25. The summed E-state index contributed by atoms with van der Waals surface area (Å²) < 4.78 is 5.49. The average Bonchev–Trinajstić information content (AvgIpc) is 3.11. The van der Waals surface area contributed by atoms with Crippen LogP contribution in [0.15, 0.2) is 29.0 Å². The standard InChI is InChI=1S/C18H22N6O/c1-12-14(10-13-4-3-9-25-13)16-15(11-20-12)21-18(22-17(16)19)24-7-5-23(2)6-8-24/h3-4,9,11H,5-8,10H2,1-2H3,(H2,19,21,22). The van der Waals surface area contributed by atoms with Gasteiger partial charge in [-0.1, -0.05) is 0 Å². The summed E-state index contributed by atoms with van der Waals surface area (Å²) in [4.78, 5) is 18.3. The fraction of sp³-hybridized carbons (Fsp3) is 0.389. The van der Waals surface area contributed by atoms with Crippen molar-refractivity contribution in [2.45, 2.75) is 13.3 Å². The molecule has 2 N–H and O–H groups in total. The Bertz CT molecular complexity index is 884. The van der Waals surface area contributed by atoms with Crippen LogP contribution in [-0.2, 0) is 6.42 Å². The quantitative estimate of drug-likeness (QED) is 0.780. The molecular formula is C18H22N6O. The van der Waals surface area contributed by atoms with Gasteiger partial charge in [-0.25, -0.2) is 4.98 Å². The average molecular weight is 338 g/mol. The van der Waals surface area contributed by atoms with Crippen molar-refractivity contribution in [3.8, 4) is 0 Å². The highest BCUT2D eigenvalue weighted by Gasteiger charge is 2.20. The van der Waals surface area contributed by atoms with Crippen LogP contribution in [0.1, 0.15) is 17.0 Å². The molecule has 1 saturated heterocycles. The van der Waals surface area contributed by atoms with Crippen molar-refractivity contribution in [2.75, 3.05) is 43.9 Å². The maximum atomic E-state index is 6.34. The Hall–Kier alpha value is -2.67. The van der Waals surface area contributed by atoms with E-state index in [1.165, 1.54) is 0 Å². The molecule has 3 aromatic heterocycles. The van der Waals surface area contributed by atoms with Crippen LogP contribution in [0, 0.1) is 6.92 Å². The first-order valence-electron chi connectivity index (χ1n) is 8.49. The van der Waals surface area contributed by atoms with Crippen LogP contribution in [0.4, 0.5) is 11.8 Å². The van der Waals surface area contributed by atoms with Gasteiger partial charge < -0.3 is 20.0 Å². The SMILES string of the molecule is Cc1ncc2nc(N3CCN(C)CC3)nc(N)c2c1Cc1ccco1. The predicted molar refractivity (Wildman–Crippen MR) is 97.7 cm³/mol. The molecule has 1 fully saturated rings. The highest BCUT2D eigenvalue weighted by Crippen LogP contribution is 2.28. The third-order valence-electron chi connectivity index (χ3n) is 4.79. The Kier molecular flexibility index (Phi) is 4.01. The van der Waals surface area contributed by atoms with Gasteiger partial charge in [0, 0.05) is 43.7 Å². The molecule has 130 valence electrons. The minimum Gasteiger partial charge on any atom is -0.469 e. The number of hydrogen-bond acceptors (Lipinski definition) is 7. The van der Waals surface area contributed by atoms with E-state index < -0.39 is 0 Å². The van der Waals surface area contributed by atoms with E-state index in [9.17, 15) is 0 Å². The molecule has 7 nitrogen and oxygen atoms in total. The number of furan rings is 1. The number of nitrogen functional groups attached to an aromatic ring is 1. The predicted octanol–water partition coefficient (Wildman–Crippen LogP) is 1.85. The fourth-order valence-corrected chi connectivity index (χ4v) is 3.25. The zero-order valence-electron chi connectivity index (χ0n) is 14.6. The largest absolute Gasteiger partial charge is 0.469 e. The highest BCUT2D eigenvalue weighted by molar-refractivity contribution is 5.92. The van der Waals surface area contributed by atoms with Crippen LogP contribution >= 0.6 is 0 Å². The smallest absolute Gasteiger partial charge is 0.228 e. The summed E-state index contributed by atoms with van der Waals surface area (Å²) in [5, 5.41) is 0.877. The van der Waals surface area contributed by atoms with Crippen LogP contribution in [0.25, 0.3) is 10.9 Å². The number of pyridine rings is 1. The Morgan fingerprint density at radius 3 is 2.72 bits per heavy atom. The van der Waals surface area contributed by atoms with Crippen molar-refractivity contribution in [1.29, 1.82) is 0 Å². The van der Waals surface area contributed by atoms with Crippen molar-refractivity contribution in [2.24, 2.45) is 0 Å². The van der Waals surface area contributed by atoms with E-state index in [1.807, 2.05) is 19.1 Å². The number of nitrogens with zero attached hydrogens (tertiary/aromatic N) is 5. The molecule has 4 rings (SSSR count). The Morgan fingerprint density at radius 1 is 1.20 bits per heavy atom. The van der Waals surface area contributed by atoms with Gasteiger partial charge in [0.25, 0.3) is 0 Å². The number of rotatable bonds is 3. The topological polar surface area (TPSA) is 84.3 Å². The molecule has 0 spiro atoms. The number of aromatic nitrogens is 3. The van der Waals surface area contributed by atoms with Gasteiger partial charge in [0.15, 0.2) is 0 Å². The molecule has 1 aliphatic heterocycles. The van der Waals surface area contributed by atoms with Crippen LogP contribution < -0.4 is 10.6 Å². The van der Waals surface area contributed by atoms with Gasteiger partial charge in [-0.15, -0.1) is 0 Å². The lowest BCUT2D eigenvalue weighted by molar-refractivity contribution is 0.311. The van der Waals surface area contributed by atoms with Crippen molar-refractivity contribution in [1.82, 2.24) is 19.9 Å². The van der Waals surface area contributed by atoms with Crippen molar-refractivity contribution >= 4 is 22.7 Å². The normalized spacial score (nSPS) is 15.8. The van der Waals surface area contributed by atoms with Crippen LogP contribution in [0.5, 0.6) is 0 Å². The summed E-state index contributed by atoms with van der Waals surface area (Å²) in [5.41, 5.74) is 9.07. The van der Waals surface area contributed by atoms with Gasteiger partial charge >= 0.3 is 0 Å². The Balaban J connectivity index is 1.76. The second-order valence-electron chi connectivity index (χ2n) is 6.54. The highest BCUT2D eigenvalue weighted by atomic mass is 16.3. The van der Waals surface area contributed by atoms with Gasteiger partial charge in [-0.2, -0.15) is 4.98 Å². The van der Waals surface area contributed by atoms with Crippen LogP contribution in [0.2, 0.25) is 0 Å². The number of likely N-dealkylation sites (N-methyl/N-ethyl adjacent to an activating group) is 1. The second-order valence-corrected chi connectivity index (χ2v) is 6.54. The van der Waals surface area contributed by atoms with Crippen LogP contribution in [-0.4, -0.2) is 53.1 Å². The molecule has 25 heavy (non-hydrogen) atoms. The summed E-state index contributed by atoms with van der Waals surface area (Å²) in [7, 11) is 2.13. The molecule has 0 bridgehead atoms. The summed E-state index contributed by atoms with van der Waals surface area (Å²) >= 11 is 0. The number of piperazine rings is 1. The number of fused-ring (bicyclic) bond motifs is 1. The molecule has 0 unspecified atom stereocenters. The molecule has 0 atom stereocenters. The van der Waals surface area contributed by atoms with E-state index in [0.29, 0.717) is 18.2 Å². The molecule has 7 heteroatoms. The van der Waals surface area contributed by atoms with Crippen molar-refractivity contribution in [3.05, 3.63) is 41.6 Å². The first-order valence-corrected chi connectivity index (χ1v) is 8.49. The van der Waals surface area contributed by atoms with Gasteiger partial charge in [-0.05, 0) is 31.7 Å².